The molecule has 2 heterocycles. The molecule has 2 fully saturated rings. The van der Waals surface area contributed by atoms with E-state index in [1.54, 1.807) is 4.31 Å². The molecule has 7 nitrogen and oxygen atoms in total. The standard InChI is InChI=1S/C23H29N3O4S/c27-23(25-15-17-30-18-16-25)22(21-9-5-2-6-10-21)24-11-13-26(14-12-24)31(28,29)19-20-7-3-1-4-8-20/h1-10,22H,11-19H2/t22-/m0/s1. The van der Waals surface area contributed by atoms with Crippen molar-refractivity contribution in [2.24, 2.45) is 0 Å². The van der Waals surface area contributed by atoms with Crippen molar-refractivity contribution in [3.63, 3.8) is 0 Å². The molecule has 1 amide bonds. The molecule has 0 unspecified atom stereocenters. The Balaban J connectivity index is 1.46. The summed E-state index contributed by atoms with van der Waals surface area (Å²) in [5, 5.41) is 0. The second-order valence-corrected chi connectivity index (χ2v) is 9.90. The highest BCUT2D eigenvalue weighted by atomic mass is 32.2. The summed E-state index contributed by atoms with van der Waals surface area (Å²) >= 11 is 0. The van der Waals surface area contributed by atoms with Crippen LogP contribution in [0.4, 0.5) is 0 Å². The van der Waals surface area contributed by atoms with Crippen molar-refractivity contribution in [3.8, 4) is 0 Å². The smallest absolute Gasteiger partial charge is 0.244 e. The van der Waals surface area contributed by atoms with Gasteiger partial charge >= 0.3 is 0 Å². The quantitative estimate of drug-likeness (QED) is 0.680. The first-order valence-electron chi connectivity index (χ1n) is 10.7. The normalized spacial score (nSPS) is 19.8. The molecule has 0 saturated carbocycles. The Hall–Kier alpha value is -2.26. The first-order valence-corrected chi connectivity index (χ1v) is 12.3. The van der Waals surface area contributed by atoms with E-state index in [1.807, 2.05) is 65.6 Å². The lowest BCUT2D eigenvalue weighted by Crippen LogP contribution is -2.54. The van der Waals surface area contributed by atoms with Crippen LogP contribution >= 0.6 is 0 Å². The maximum absolute atomic E-state index is 13.4. The van der Waals surface area contributed by atoms with E-state index in [9.17, 15) is 13.2 Å². The van der Waals surface area contributed by atoms with E-state index in [1.165, 1.54) is 0 Å². The van der Waals surface area contributed by atoms with Gasteiger partial charge in [0.05, 0.1) is 19.0 Å². The third-order valence-corrected chi connectivity index (χ3v) is 7.75. The highest BCUT2D eigenvalue weighted by molar-refractivity contribution is 7.88. The molecular formula is C23H29N3O4S. The van der Waals surface area contributed by atoms with Gasteiger partial charge in [0.25, 0.3) is 0 Å². The zero-order chi connectivity index (χ0) is 21.7. The molecule has 2 aromatic carbocycles. The fourth-order valence-corrected chi connectivity index (χ4v) is 5.73. The number of morpholine rings is 1. The van der Waals surface area contributed by atoms with Crippen LogP contribution in [0.5, 0.6) is 0 Å². The van der Waals surface area contributed by atoms with Gasteiger partial charge in [-0.25, -0.2) is 8.42 Å². The summed E-state index contributed by atoms with van der Waals surface area (Å²) in [6, 6.07) is 18.6. The molecule has 166 valence electrons. The highest BCUT2D eigenvalue weighted by Gasteiger charge is 2.36. The number of carbonyl (C=O) groups is 1. The second-order valence-electron chi connectivity index (χ2n) is 7.93. The number of amides is 1. The molecule has 0 aliphatic carbocycles. The Morgan fingerprint density at radius 1 is 0.839 bits per heavy atom. The van der Waals surface area contributed by atoms with Crippen LogP contribution in [0.3, 0.4) is 0 Å². The zero-order valence-corrected chi connectivity index (χ0v) is 18.4. The van der Waals surface area contributed by atoms with E-state index in [0.29, 0.717) is 52.5 Å². The summed E-state index contributed by atoms with van der Waals surface area (Å²) in [4.78, 5) is 17.4. The predicted octanol–water partition coefficient (Wildman–Crippen LogP) is 1.73. The molecule has 0 N–H and O–H groups in total. The van der Waals surface area contributed by atoms with Gasteiger partial charge in [0, 0.05) is 39.3 Å². The summed E-state index contributed by atoms with van der Waals surface area (Å²) in [5.74, 6) is 0.0675. The minimum absolute atomic E-state index is 0.00264. The van der Waals surface area contributed by atoms with Crippen LogP contribution < -0.4 is 0 Å². The Labute approximate surface area is 184 Å². The number of hydrogen-bond donors (Lipinski definition) is 0. The molecule has 2 aromatic rings. The van der Waals surface area contributed by atoms with E-state index < -0.39 is 16.1 Å². The average Bonchev–Trinajstić information content (AvgIpc) is 2.81. The lowest BCUT2D eigenvalue weighted by Gasteiger charge is -2.40. The van der Waals surface area contributed by atoms with Gasteiger partial charge in [-0.15, -0.1) is 0 Å². The molecule has 0 radical (unpaired) electrons. The summed E-state index contributed by atoms with van der Waals surface area (Å²) < 4.78 is 32.8. The van der Waals surface area contributed by atoms with Crippen LogP contribution in [0.25, 0.3) is 0 Å². The lowest BCUT2D eigenvalue weighted by molar-refractivity contribution is -0.142. The number of ether oxygens (including phenoxy) is 1. The van der Waals surface area contributed by atoms with Crippen molar-refractivity contribution >= 4 is 15.9 Å². The van der Waals surface area contributed by atoms with Crippen molar-refractivity contribution in [3.05, 3.63) is 71.8 Å². The Kier molecular flexibility index (Phi) is 7.02. The fraction of sp³-hybridized carbons (Fsp3) is 0.435. The van der Waals surface area contributed by atoms with E-state index in [-0.39, 0.29) is 11.7 Å². The molecule has 2 aliphatic heterocycles. The van der Waals surface area contributed by atoms with E-state index in [2.05, 4.69) is 4.90 Å². The topological polar surface area (TPSA) is 70.2 Å². The second kappa shape index (κ2) is 9.91. The van der Waals surface area contributed by atoms with Gasteiger partial charge in [0.1, 0.15) is 6.04 Å². The number of sulfonamides is 1. The fourth-order valence-electron chi connectivity index (χ4n) is 4.22. The van der Waals surface area contributed by atoms with Crippen LogP contribution in [0.1, 0.15) is 17.2 Å². The molecule has 0 spiro atoms. The number of piperazine rings is 1. The predicted molar refractivity (Wildman–Crippen MR) is 119 cm³/mol. The number of benzene rings is 2. The molecule has 4 rings (SSSR count). The third-order valence-electron chi connectivity index (χ3n) is 5.90. The monoisotopic (exact) mass is 443 g/mol. The summed E-state index contributed by atoms with van der Waals surface area (Å²) in [7, 11) is -3.40. The van der Waals surface area contributed by atoms with Crippen LogP contribution in [0.2, 0.25) is 0 Å². The van der Waals surface area contributed by atoms with Gasteiger partial charge in [-0.3, -0.25) is 9.69 Å². The zero-order valence-electron chi connectivity index (χ0n) is 17.6. The first kappa shape index (κ1) is 22.0. The van der Waals surface area contributed by atoms with Gasteiger partial charge in [-0.2, -0.15) is 4.31 Å². The van der Waals surface area contributed by atoms with Crippen molar-refractivity contribution in [1.29, 1.82) is 0 Å². The van der Waals surface area contributed by atoms with Crippen LogP contribution in [0.15, 0.2) is 60.7 Å². The molecule has 1 atom stereocenters. The maximum atomic E-state index is 13.4. The molecular weight excluding hydrogens is 414 g/mol. The van der Waals surface area contributed by atoms with E-state index in [0.717, 1.165) is 11.1 Å². The van der Waals surface area contributed by atoms with Crippen molar-refractivity contribution < 1.29 is 17.9 Å². The largest absolute Gasteiger partial charge is 0.378 e. The van der Waals surface area contributed by atoms with E-state index >= 15 is 0 Å². The number of nitrogens with zero attached hydrogens (tertiary/aromatic N) is 3. The van der Waals surface area contributed by atoms with Gasteiger partial charge in [0.2, 0.25) is 15.9 Å². The van der Waals surface area contributed by atoms with Crippen LogP contribution in [-0.4, -0.2) is 80.9 Å². The first-order chi connectivity index (χ1) is 15.0. The Morgan fingerprint density at radius 2 is 1.42 bits per heavy atom. The SMILES string of the molecule is O=C([C@H](c1ccccc1)N1CCN(S(=O)(=O)Cc2ccccc2)CC1)N1CCOCC1. The minimum atomic E-state index is -3.40. The van der Waals surface area contributed by atoms with Gasteiger partial charge in [0.15, 0.2) is 0 Å². The van der Waals surface area contributed by atoms with Crippen LogP contribution in [-0.2, 0) is 25.3 Å². The Morgan fingerprint density at radius 3 is 2.03 bits per heavy atom. The number of carbonyl (C=O) groups excluding carboxylic acids is 1. The molecule has 2 saturated heterocycles. The summed E-state index contributed by atoms with van der Waals surface area (Å²) in [6.07, 6.45) is 0. The van der Waals surface area contributed by atoms with Gasteiger partial charge < -0.3 is 9.64 Å². The molecule has 0 aromatic heterocycles. The highest BCUT2D eigenvalue weighted by Crippen LogP contribution is 2.26. The van der Waals surface area contributed by atoms with Crippen molar-refractivity contribution in [2.75, 3.05) is 52.5 Å². The van der Waals surface area contributed by atoms with E-state index in [4.69, 9.17) is 4.74 Å². The van der Waals surface area contributed by atoms with Crippen molar-refractivity contribution in [2.45, 2.75) is 11.8 Å². The maximum Gasteiger partial charge on any atom is 0.244 e. The van der Waals surface area contributed by atoms with Crippen LogP contribution in [0, 0.1) is 0 Å². The summed E-state index contributed by atoms with van der Waals surface area (Å²) in [6.45, 7) is 4.09. The van der Waals surface area contributed by atoms with Gasteiger partial charge in [-0.05, 0) is 11.1 Å². The summed E-state index contributed by atoms with van der Waals surface area (Å²) in [5.41, 5.74) is 1.73. The molecule has 2 aliphatic rings. The lowest BCUT2D eigenvalue weighted by atomic mass is 10.0. The number of rotatable bonds is 6. The third kappa shape index (κ3) is 5.33. The molecule has 31 heavy (non-hydrogen) atoms. The minimum Gasteiger partial charge on any atom is -0.378 e. The molecule has 0 bridgehead atoms. The number of hydrogen-bond acceptors (Lipinski definition) is 5. The van der Waals surface area contributed by atoms with Crippen molar-refractivity contribution in [1.82, 2.24) is 14.1 Å². The van der Waals surface area contributed by atoms with Gasteiger partial charge in [-0.1, -0.05) is 60.7 Å². The molecule has 8 heteroatoms. The Bertz CT molecular complexity index is 955. The average molecular weight is 444 g/mol.